The normalized spacial score (nSPS) is 17.0. The summed E-state index contributed by atoms with van der Waals surface area (Å²) < 4.78 is 10.7. The molecule has 6 heteroatoms. The summed E-state index contributed by atoms with van der Waals surface area (Å²) in [7, 11) is 0. The van der Waals surface area contributed by atoms with Crippen LogP contribution in [0.5, 0.6) is 0 Å². The maximum atomic E-state index is 12.9. The minimum absolute atomic E-state index is 0.0455. The van der Waals surface area contributed by atoms with Gasteiger partial charge in [0.2, 0.25) is 5.78 Å². The number of amides is 1. The van der Waals surface area contributed by atoms with Crippen molar-refractivity contribution < 1.29 is 23.5 Å². The molecule has 1 aliphatic rings. The fourth-order valence-electron chi connectivity index (χ4n) is 3.25. The van der Waals surface area contributed by atoms with Crippen LogP contribution >= 0.6 is 0 Å². The molecule has 3 heterocycles. The second-order valence-electron chi connectivity index (χ2n) is 6.18. The molecule has 2 aromatic heterocycles. The van der Waals surface area contributed by atoms with Crippen LogP contribution in [-0.4, -0.2) is 16.8 Å². The zero-order valence-corrected chi connectivity index (χ0v) is 14.6. The average Bonchev–Trinajstić information content (AvgIpc) is 3.44. The molecule has 1 aliphatic heterocycles. The van der Waals surface area contributed by atoms with Gasteiger partial charge >= 0.3 is 0 Å². The van der Waals surface area contributed by atoms with Crippen molar-refractivity contribution >= 4 is 17.4 Å². The molecule has 6 nitrogen and oxygen atoms in total. The number of nitrogens with zero attached hydrogens (tertiary/aromatic N) is 1. The van der Waals surface area contributed by atoms with Crippen LogP contribution in [0.2, 0.25) is 0 Å². The molecular weight excluding hydrogens is 346 g/mol. The topological polar surface area (TPSA) is 83.9 Å². The van der Waals surface area contributed by atoms with Crippen LogP contribution in [-0.2, 0) is 11.2 Å². The number of benzene rings is 1. The van der Waals surface area contributed by atoms with Gasteiger partial charge in [-0.25, -0.2) is 0 Å². The second-order valence-corrected chi connectivity index (χ2v) is 6.18. The monoisotopic (exact) mass is 363 g/mol. The van der Waals surface area contributed by atoms with Crippen LogP contribution < -0.4 is 4.90 Å². The zero-order chi connectivity index (χ0) is 19.0. The van der Waals surface area contributed by atoms with E-state index in [1.165, 1.54) is 23.5 Å². The van der Waals surface area contributed by atoms with Crippen molar-refractivity contribution in [2.45, 2.75) is 19.4 Å². The van der Waals surface area contributed by atoms with Gasteiger partial charge in [-0.3, -0.25) is 14.5 Å². The van der Waals surface area contributed by atoms with E-state index < -0.39 is 23.5 Å². The molecule has 1 amide bonds. The van der Waals surface area contributed by atoms with E-state index in [9.17, 15) is 14.7 Å². The highest BCUT2D eigenvalue weighted by atomic mass is 16.3. The molecule has 0 saturated carbocycles. The van der Waals surface area contributed by atoms with Gasteiger partial charge in [-0.05, 0) is 48.4 Å². The van der Waals surface area contributed by atoms with E-state index in [4.69, 9.17) is 8.83 Å². The van der Waals surface area contributed by atoms with E-state index in [2.05, 4.69) is 0 Å². The molecule has 0 radical (unpaired) electrons. The van der Waals surface area contributed by atoms with Crippen LogP contribution in [0.3, 0.4) is 0 Å². The van der Waals surface area contributed by atoms with Crippen LogP contribution in [0, 0.1) is 0 Å². The molecule has 1 aromatic carbocycles. The standard InChI is InChI=1S/C21H17NO5/c1-2-13-7-9-14(10-8-13)22-18(15-5-3-11-26-15)17(20(24)21(22)25)19(23)16-6-4-12-27-16/h3-12,18,24H,2H2,1H3. The van der Waals surface area contributed by atoms with Crippen LogP contribution in [0.1, 0.15) is 34.8 Å². The summed E-state index contributed by atoms with van der Waals surface area (Å²) in [6, 6.07) is 12.9. The van der Waals surface area contributed by atoms with E-state index in [1.807, 2.05) is 19.1 Å². The van der Waals surface area contributed by atoms with Gasteiger partial charge in [0, 0.05) is 5.69 Å². The number of carbonyl (C=O) groups excluding carboxylic acids is 2. The fourth-order valence-corrected chi connectivity index (χ4v) is 3.25. The second kappa shape index (κ2) is 6.64. The molecule has 27 heavy (non-hydrogen) atoms. The summed E-state index contributed by atoms with van der Waals surface area (Å²) in [5.74, 6) is -1.39. The Hall–Kier alpha value is -3.54. The van der Waals surface area contributed by atoms with Crippen molar-refractivity contribution in [3.8, 4) is 0 Å². The third kappa shape index (κ3) is 2.75. The Morgan fingerprint density at radius 1 is 1.07 bits per heavy atom. The molecule has 0 aliphatic carbocycles. The van der Waals surface area contributed by atoms with Crippen LogP contribution in [0.4, 0.5) is 5.69 Å². The van der Waals surface area contributed by atoms with E-state index in [0.717, 1.165) is 12.0 Å². The van der Waals surface area contributed by atoms with E-state index in [0.29, 0.717) is 11.4 Å². The number of Topliss-reactive ketones (excluding diaryl/α,β-unsaturated/α-hetero) is 1. The zero-order valence-electron chi connectivity index (χ0n) is 14.6. The van der Waals surface area contributed by atoms with E-state index >= 15 is 0 Å². The van der Waals surface area contributed by atoms with Crippen molar-refractivity contribution in [2.24, 2.45) is 0 Å². The minimum atomic E-state index is -0.877. The Morgan fingerprint density at radius 2 is 1.78 bits per heavy atom. The lowest BCUT2D eigenvalue weighted by Gasteiger charge is -2.25. The Labute approximate surface area is 155 Å². The predicted molar refractivity (Wildman–Crippen MR) is 97.4 cm³/mol. The Morgan fingerprint density at radius 3 is 2.37 bits per heavy atom. The highest BCUT2D eigenvalue weighted by molar-refractivity contribution is 6.20. The first kappa shape index (κ1) is 16.9. The summed E-state index contributed by atoms with van der Waals surface area (Å²) in [6.45, 7) is 2.04. The molecule has 0 bridgehead atoms. The number of carbonyl (C=O) groups is 2. The van der Waals surface area contributed by atoms with E-state index in [-0.39, 0.29) is 11.3 Å². The predicted octanol–water partition coefficient (Wildman–Crippen LogP) is 4.22. The van der Waals surface area contributed by atoms with Crippen molar-refractivity contribution in [3.63, 3.8) is 0 Å². The summed E-state index contributed by atoms with van der Waals surface area (Å²) in [5.41, 5.74) is 1.61. The Bertz CT molecular complexity index is 998. The Kier molecular flexibility index (Phi) is 4.16. The molecule has 1 atom stereocenters. The largest absolute Gasteiger partial charge is 0.503 e. The van der Waals surface area contributed by atoms with Crippen molar-refractivity contribution in [2.75, 3.05) is 4.90 Å². The van der Waals surface area contributed by atoms with Gasteiger partial charge < -0.3 is 13.9 Å². The SMILES string of the molecule is CCc1ccc(N2C(=O)C(O)=C(C(=O)c3ccco3)C2c2ccco2)cc1. The number of ketones is 1. The molecule has 0 spiro atoms. The first-order valence-electron chi connectivity index (χ1n) is 8.59. The third-order valence-electron chi connectivity index (χ3n) is 4.63. The van der Waals surface area contributed by atoms with Crippen molar-refractivity contribution in [3.05, 3.63) is 89.5 Å². The molecule has 1 unspecified atom stereocenters. The summed E-state index contributed by atoms with van der Waals surface area (Å²) in [4.78, 5) is 27.1. The molecule has 0 saturated heterocycles. The van der Waals surface area contributed by atoms with Gasteiger partial charge in [0.1, 0.15) is 11.8 Å². The Balaban J connectivity index is 1.83. The van der Waals surface area contributed by atoms with Gasteiger partial charge in [-0.15, -0.1) is 0 Å². The number of aryl methyl sites for hydroxylation is 1. The van der Waals surface area contributed by atoms with Gasteiger partial charge in [0.15, 0.2) is 11.5 Å². The number of hydrogen-bond acceptors (Lipinski definition) is 5. The van der Waals surface area contributed by atoms with E-state index in [1.54, 1.807) is 30.3 Å². The molecule has 3 aromatic rings. The number of rotatable bonds is 5. The number of aliphatic hydroxyl groups excluding tert-OH is 1. The lowest BCUT2D eigenvalue weighted by atomic mass is 9.99. The number of hydrogen-bond donors (Lipinski definition) is 1. The highest BCUT2D eigenvalue weighted by Crippen LogP contribution is 2.42. The average molecular weight is 363 g/mol. The lowest BCUT2D eigenvalue weighted by molar-refractivity contribution is -0.117. The van der Waals surface area contributed by atoms with Crippen LogP contribution in [0.15, 0.2) is 81.2 Å². The molecule has 1 N–H and O–H groups in total. The molecule has 0 fully saturated rings. The van der Waals surface area contributed by atoms with Gasteiger partial charge in [-0.2, -0.15) is 0 Å². The maximum absolute atomic E-state index is 12.9. The van der Waals surface area contributed by atoms with Crippen LogP contribution in [0.25, 0.3) is 0 Å². The number of furan rings is 2. The van der Waals surface area contributed by atoms with Gasteiger partial charge in [-0.1, -0.05) is 19.1 Å². The first-order chi connectivity index (χ1) is 13.1. The molecule has 136 valence electrons. The third-order valence-corrected chi connectivity index (χ3v) is 4.63. The van der Waals surface area contributed by atoms with Gasteiger partial charge in [0.05, 0.1) is 18.1 Å². The summed E-state index contributed by atoms with van der Waals surface area (Å²) >= 11 is 0. The fraction of sp³-hybridized carbons (Fsp3) is 0.143. The smallest absolute Gasteiger partial charge is 0.294 e. The maximum Gasteiger partial charge on any atom is 0.294 e. The van der Waals surface area contributed by atoms with Crippen molar-refractivity contribution in [1.29, 1.82) is 0 Å². The molecule has 4 rings (SSSR count). The lowest BCUT2D eigenvalue weighted by Crippen LogP contribution is -2.30. The minimum Gasteiger partial charge on any atom is -0.503 e. The number of anilines is 1. The summed E-state index contributed by atoms with van der Waals surface area (Å²) in [6.07, 6.45) is 3.69. The quantitative estimate of drug-likeness (QED) is 0.686. The van der Waals surface area contributed by atoms with Gasteiger partial charge in [0.25, 0.3) is 5.91 Å². The number of aliphatic hydroxyl groups is 1. The van der Waals surface area contributed by atoms with Crippen molar-refractivity contribution in [1.82, 2.24) is 0 Å². The first-order valence-corrected chi connectivity index (χ1v) is 8.59. The summed E-state index contributed by atoms with van der Waals surface area (Å²) in [5, 5.41) is 10.5. The highest BCUT2D eigenvalue weighted by Gasteiger charge is 2.46. The molecular formula is C21H17NO5.